The van der Waals surface area contributed by atoms with Crippen LogP contribution in [0.2, 0.25) is 0 Å². The molecule has 0 radical (unpaired) electrons. The van der Waals surface area contributed by atoms with Gasteiger partial charge in [0.1, 0.15) is 0 Å². The van der Waals surface area contributed by atoms with Gasteiger partial charge in [0.25, 0.3) is 0 Å². The fraction of sp³-hybridized carbons (Fsp3) is 0.667. The highest BCUT2D eigenvalue weighted by atomic mass is 35.5. The Balaban J connectivity index is 2.24. The number of halogens is 1. The Labute approximate surface area is 78.0 Å². The van der Waals surface area contributed by atoms with Gasteiger partial charge in [-0.05, 0) is 25.5 Å². The van der Waals surface area contributed by atoms with Gasteiger partial charge in [-0.1, -0.05) is 18.0 Å². The van der Waals surface area contributed by atoms with Crippen LogP contribution in [0.3, 0.4) is 0 Å². The molecule has 0 saturated carbocycles. The fourth-order valence-electron chi connectivity index (χ4n) is 1.48. The molecule has 0 bridgehead atoms. The Morgan fingerprint density at radius 1 is 1.58 bits per heavy atom. The molecule has 0 aliphatic carbocycles. The summed E-state index contributed by atoms with van der Waals surface area (Å²) in [6.45, 7) is 1.04. The SMILES string of the molecule is O=C(/C=C/Cl)C[C@H]1CCCCN1. The number of rotatable bonds is 3. The number of carbonyl (C=O) groups is 1. The Kier molecular flexibility index (Phi) is 4.33. The molecule has 0 amide bonds. The molecule has 3 heteroatoms. The van der Waals surface area contributed by atoms with E-state index >= 15 is 0 Å². The summed E-state index contributed by atoms with van der Waals surface area (Å²) in [5.74, 6) is 0.115. The third-order valence-corrected chi connectivity index (χ3v) is 2.23. The minimum atomic E-state index is 0.115. The van der Waals surface area contributed by atoms with E-state index in [1.807, 2.05) is 0 Å². The first-order chi connectivity index (χ1) is 5.83. The molecule has 0 aromatic heterocycles. The van der Waals surface area contributed by atoms with Gasteiger partial charge in [-0.25, -0.2) is 0 Å². The van der Waals surface area contributed by atoms with E-state index in [4.69, 9.17) is 11.6 Å². The monoisotopic (exact) mass is 187 g/mol. The highest BCUT2D eigenvalue weighted by Gasteiger charge is 2.14. The molecule has 1 N–H and O–H groups in total. The quantitative estimate of drug-likeness (QED) is 0.684. The second-order valence-corrected chi connectivity index (χ2v) is 3.36. The standard InChI is InChI=1S/C9H14ClNO/c10-5-4-9(12)7-8-3-1-2-6-11-8/h4-5,8,11H,1-3,6-7H2/b5-4+/t8-/m1/s1. The van der Waals surface area contributed by atoms with Crippen LogP contribution in [0.15, 0.2) is 11.6 Å². The average Bonchev–Trinajstić information content (AvgIpc) is 2.06. The van der Waals surface area contributed by atoms with Crippen molar-refractivity contribution < 1.29 is 4.79 Å². The van der Waals surface area contributed by atoms with Gasteiger partial charge in [0.15, 0.2) is 5.78 Å². The summed E-state index contributed by atoms with van der Waals surface area (Å²) >= 11 is 5.29. The average molecular weight is 188 g/mol. The van der Waals surface area contributed by atoms with E-state index in [-0.39, 0.29) is 5.78 Å². The van der Waals surface area contributed by atoms with Crippen LogP contribution < -0.4 is 5.32 Å². The summed E-state index contributed by atoms with van der Waals surface area (Å²) in [7, 11) is 0. The largest absolute Gasteiger partial charge is 0.314 e. The van der Waals surface area contributed by atoms with Crippen molar-refractivity contribution in [3.8, 4) is 0 Å². The lowest BCUT2D eigenvalue weighted by Gasteiger charge is -2.21. The second kappa shape index (κ2) is 5.33. The van der Waals surface area contributed by atoms with Gasteiger partial charge in [0.05, 0.1) is 0 Å². The highest BCUT2D eigenvalue weighted by Crippen LogP contribution is 2.10. The number of hydrogen-bond acceptors (Lipinski definition) is 2. The third-order valence-electron chi connectivity index (χ3n) is 2.11. The van der Waals surface area contributed by atoms with E-state index in [0.29, 0.717) is 12.5 Å². The van der Waals surface area contributed by atoms with Crippen LogP contribution in [0.1, 0.15) is 25.7 Å². The molecular weight excluding hydrogens is 174 g/mol. The van der Waals surface area contributed by atoms with Crippen molar-refractivity contribution >= 4 is 17.4 Å². The molecule has 1 heterocycles. The Morgan fingerprint density at radius 3 is 3.00 bits per heavy atom. The lowest BCUT2D eigenvalue weighted by molar-refractivity contribution is -0.115. The minimum Gasteiger partial charge on any atom is -0.314 e. The van der Waals surface area contributed by atoms with Crippen LogP contribution in [-0.2, 0) is 4.79 Å². The highest BCUT2D eigenvalue weighted by molar-refractivity contribution is 6.26. The summed E-state index contributed by atoms with van der Waals surface area (Å²) < 4.78 is 0. The van der Waals surface area contributed by atoms with Crippen molar-refractivity contribution in [2.24, 2.45) is 0 Å². The second-order valence-electron chi connectivity index (χ2n) is 3.11. The van der Waals surface area contributed by atoms with Crippen LogP contribution in [0, 0.1) is 0 Å². The van der Waals surface area contributed by atoms with E-state index in [1.54, 1.807) is 0 Å². The molecule has 68 valence electrons. The lowest BCUT2D eigenvalue weighted by Crippen LogP contribution is -2.35. The fourth-order valence-corrected chi connectivity index (χ4v) is 1.62. The Bertz CT molecular complexity index is 173. The molecule has 0 aromatic rings. The van der Waals surface area contributed by atoms with E-state index in [2.05, 4.69) is 5.32 Å². The predicted molar refractivity (Wildman–Crippen MR) is 50.3 cm³/mol. The third kappa shape index (κ3) is 3.37. The number of nitrogens with one attached hydrogen (secondary N) is 1. The van der Waals surface area contributed by atoms with Crippen LogP contribution in [-0.4, -0.2) is 18.4 Å². The van der Waals surface area contributed by atoms with Gasteiger partial charge in [0, 0.05) is 18.0 Å². The maximum atomic E-state index is 11.1. The van der Waals surface area contributed by atoms with Gasteiger partial charge in [-0.3, -0.25) is 4.79 Å². The predicted octanol–water partition coefficient (Wildman–Crippen LogP) is 1.84. The topological polar surface area (TPSA) is 29.1 Å². The summed E-state index contributed by atoms with van der Waals surface area (Å²) in [6.07, 6.45) is 5.59. The zero-order valence-electron chi connectivity index (χ0n) is 7.05. The normalized spacial score (nSPS) is 24.6. The smallest absolute Gasteiger partial charge is 0.158 e. The summed E-state index contributed by atoms with van der Waals surface area (Å²) in [4.78, 5) is 11.1. The van der Waals surface area contributed by atoms with Crippen molar-refractivity contribution in [1.82, 2.24) is 5.32 Å². The Morgan fingerprint density at radius 2 is 2.42 bits per heavy atom. The van der Waals surface area contributed by atoms with Gasteiger partial charge >= 0.3 is 0 Å². The summed E-state index contributed by atoms with van der Waals surface area (Å²) in [6, 6.07) is 0.374. The number of hydrogen-bond donors (Lipinski definition) is 1. The van der Waals surface area contributed by atoms with E-state index in [9.17, 15) is 4.79 Å². The number of allylic oxidation sites excluding steroid dienone is 1. The number of ketones is 1. The minimum absolute atomic E-state index is 0.115. The molecule has 1 aliphatic heterocycles. The molecule has 1 rings (SSSR count). The molecule has 0 aromatic carbocycles. The van der Waals surface area contributed by atoms with Crippen LogP contribution >= 0.6 is 11.6 Å². The van der Waals surface area contributed by atoms with Crippen LogP contribution in [0.4, 0.5) is 0 Å². The van der Waals surface area contributed by atoms with E-state index in [0.717, 1.165) is 13.0 Å². The van der Waals surface area contributed by atoms with Crippen molar-refractivity contribution in [3.63, 3.8) is 0 Å². The molecule has 12 heavy (non-hydrogen) atoms. The van der Waals surface area contributed by atoms with Gasteiger partial charge in [-0.2, -0.15) is 0 Å². The van der Waals surface area contributed by atoms with Crippen LogP contribution in [0.25, 0.3) is 0 Å². The number of piperidine rings is 1. The first-order valence-corrected chi connectivity index (χ1v) is 4.79. The van der Waals surface area contributed by atoms with E-state index < -0.39 is 0 Å². The Hall–Kier alpha value is -0.340. The molecular formula is C9H14ClNO. The first kappa shape index (κ1) is 9.75. The zero-order chi connectivity index (χ0) is 8.81. The maximum Gasteiger partial charge on any atom is 0.158 e. The molecule has 1 aliphatic rings. The maximum absolute atomic E-state index is 11.1. The molecule has 1 saturated heterocycles. The summed E-state index contributed by atoms with van der Waals surface area (Å²) in [5.41, 5.74) is 1.28. The lowest BCUT2D eigenvalue weighted by atomic mass is 10.0. The molecule has 1 atom stereocenters. The van der Waals surface area contributed by atoms with Crippen molar-refractivity contribution in [2.45, 2.75) is 31.7 Å². The van der Waals surface area contributed by atoms with Gasteiger partial charge in [0.2, 0.25) is 0 Å². The molecule has 2 nitrogen and oxygen atoms in total. The molecule has 0 unspecified atom stereocenters. The van der Waals surface area contributed by atoms with Gasteiger partial charge < -0.3 is 5.32 Å². The zero-order valence-corrected chi connectivity index (χ0v) is 7.81. The molecule has 0 spiro atoms. The van der Waals surface area contributed by atoms with Gasteiger partial charge in [-0.15, -0.1) is 0 Å². The van der Waals surface area contributed by atoms with Crippen molar-refractivity contribution in [2.75, 3.05) is 6.54 Å². The summed E-state index contributed by atoms with van der Waals surface area (Å²) in [5, 5.41) is 3.31. The van der Waals surface area contributed by atoms with E-state index in [1.165, 1.54) is 24.5 Å². The molecule has 1 fully saturated rings. The van der Waals surface area contributed by atoms with Crippen molar-refractivity contribution in [3.05, 3.63) is 11.6 Å². The number of carbonyl (C=O) groups excluding carboxylic acids is 1. The van der Waals surface area contributed by atoms with Crippen molar-refractivity contribution in [1.29, 1.82) is 0 Å². The first-order valence-electron chi connectivity index (χ1n) is 4.36. The van der Waals surface area contributed by atoms with Crippen LogP contribution in [0.5, 0.6) is 0 Å².